The van der Waals surface area contributed by atoms with Crippen molar-refractivity contribution in [1.29, 1.82) is 0 Å². The minimum Gasteiger partial charge on any atom is -0.453 e. The zero-order chi connectivity index (χ0) is 27.8. The molecule has 2 amide bonds. The molecule has 39 heavy (non-hydrogen) atoms. The molecular formula is C26H25ClN4O5S3. The lowest BCUT2D eigenvalue weighted by atomic mass is 10.0. The Labute approximate surface area is 240 Å². The number of methoxy groups -OCH3 is 1. The second-order valence-corrected chi connectivity index (χ2v) is 11.3. The van der Waals surface area contributed by atoms with Gasteiger partial charge in [0.25, 0.3) is 0 Å². The molecular weight excluding hydrogens is 580 g/mol. The van der Waals surface area contributed by atoms with E-state index in [0.717, 1.165) is 21.0 Å². The molecule has 2 atom stereocenters. The molecule has 0 saturated heterocycles. The quantitative estimate of drug-likeness (QED) is 0.182. The number of thiazole rings is 1. The lowest BCUT2D eigenvalue weighted by molar-refractivity contribution is -0.123. The van der Waals surface area contributed by atoms with Gasteiger partial charge in [-0.15, -0.1) is 22.7 Å². The number of hydrogen-bond donors (Lipinski definition) is 4. The maximum atomic E-state index is 13.5. The van der Waals surface area contributed by atoms with E-state index >= 15 is 0 Å². The number of thiophene rings is 1. The molecule has 13 heteroatoms. The van der Waals surface area contributed by atoms with Gasteiger partial charge in [0.15, 0.2) is 0 Å². The van der Waals surface area contributed by atoms with Crippen LogP contribution in [0.4, 0.5) is 10.5 Å². The standard InChI is InChI=1S/C26H25ClN4O5S3/c1-36-26(33)30-21(14-16-5-3-2-4-6-16)24(32)28-20(13-17-7-9-18(10-8-17)31-39(34)35)22-15-38-25(29-22)23-19(27)11-12-37-23/h2-12,15,20-21,39H,13-14H2,1H3,(H,28,32)(H,30,33)(H,31,34,35)/t20-,21-/m0/s1. The van der Waals surface area contributed by atoms with Gasteiger partial charge in [0, 0.05) is 17.5 Å². The van der Waals surface area contributed by atoms with Crippen LogP contribution in [-0.2, 0) is 33.3 Å². The number of alkyl carbamates (subject to hydrolysis) is 1. The van der Waals surface area contributed by atoms with Gasteiger partial charge < -0.3 is 15.4 Å². The summed E-state index contributed by atoms with van der Waals surface area (Å²) in [6, 6.07) is 16.6. The first kappa shape index (κ1) is 28.6. The maximum absolute atomic E-state index is 13.5. The Morgan fingerprint density at radius 1 is 0.974 bits per heavy atom. The van der Waals surface area contributed by atoms with E-state index in [-0.39, 0.29) is 6.42 Å². The number of anilines is 1. The molecule has 2 heterocycles. The lowest BCUT2D eigenvalue weighted by Crippen LogP contribution is -2.49. The smallest absolute Gasteiger partial charge is 0.407 e. The van der Waals surface area contributed by atoms with Gasteiger partial charge in [-0.3, -0.25) is 9.52 Å². The molecule has 0 aliphatic rings. The van der Waals surface area contributed by atoms with E-state index in [9.17, 15) is 18.0 Å². The first-order valence-electron chi connectivity index (χ1n) is 11.7. The molecule has 2 aromatic carbocycles. The molecule has 204 valence electrons. The molecule has 9 nitrogen and oxygen atoms in total. The normalized spacial score (nSPS) is 12.5. The molecule has 0 aliphatic carbocycles. The van der Waals surface area contributed by atoms with Gasteiger partial charge in [0.05, 0.1) is 28.7 Å². The van der Waals surface area contributed by atoms with Crippen LogP contribution < -0.4 is 15.4 Å². The summed E-state index contributed by atoms with van der Waals surface area (Å²) in [7, 11) is -1.54. The maximum Gasteiger partial charge on any atom is 0.407 e. The van der Waals surface area contributed by atoms with Gasteiger partial charge >= 0.3 is 6.09 Å². The summed E-state index contributed by atoms with van der Waals surface area (Å²) in [6.45, 7) is 0. The molecule has 4 rings (SSSR count). The minimum absolute atomic E-state index is 0.259. The van der Waals surface area contributed by atoms with Crippen molar-refractivity contribution in [2.24, 2.45) is 0 Å². The van der Waals surface area contributed by atoms with Crippen molar-refractivity contribution >= 4 is 62.9 Å². The van der Waals surface area contributed by atoms with Gasteiger partial charge in [-0.05, 0) is 41.1 Å². The van der Waals surface area contributed by atoms with Crippen LogP contribution in [0, 0.1) is 0 Å². The topological polar surface area (TPSA) is 126 Å². The summed E-state index contributed by atoms with van der Waals surface area (Å²) >= 11 is 9.21. The highest BCUT2D eigenvalue weighted by Crippen LogP contribution is 2.36. The molecule has 0 saturated carbocycles. The number of aromatic nitrogens is 1. The molecule has 0 aliphatic heterocycles. The third kappa shape index (κ3) is 8.02. The van der Waals surface area contributed by atoms with Crippen LogP contribution in [0.3, 0.4) is 0 Å². The summed E-state index contributed by atoms with van der Waals surface area (Å²) in [4.78, 5) is 31.2. The number of hydrogen-bond acceptors (Lipinski definition) is 8. The second kappa shape index (κ2) is 13.6. The number of benzene rings is 2. The van der Waals surface area contributed by atoms with Gasteiger partial charge in [0.2, 0.25) is 16.8 Å². The average molecular weight is 605 g/mol. The molecule has 4 aromatic rings. The van der Waals surface area contributed by atoms with E-state index in [1.54, 1.807) is 30.3 Å². The molecule has 0 bridgehead atoms. The third-order valence-electron chi connectivity index (χ3n) is 5.70. The minimum atomic E-state index is -2.78. The van der Waals surface area contributed by atoms with Gasteiger partial charge in [-0.25, -0.2) is 18.2 Å². The Hall–Kier alpha value is -3.45. The Kier molecular flexibility index (Phi) is 9.93. The van der Waals surface area contributed by atoms with Crippen LogP contribution in [0.2, 0.25) is 5.02 Å². The Bertz CT molecular complexity index is 1480. The Morgan fingerprint density at radius 2 is 1.69 bits per heavy atom. The highest BCUT2D eigenvalue weighted by atomic mass is 35.5. The van der Waals surface area contributed by atoms with Crippen LogP contribution >= 0.6 is 34.3 Å². The van der Waals surface area contributed by atoms with E-state index in [1.807, 2.05) is 41.1 Å². The van der Waals surface area contributed by atoms with Gasteiger partial charge in [0.1, 0.15) is 11.0 Å². The van der Waals surface area contributed by atoms with E-state index in [2.05, 4.69) is 15.4 Å². The number of ether oxygens (including phenoxy) is 1. The fourth-order valence-electron chi connectivity index (χ4n) is 3.82. The van der Waals surface area contributed by atoms with Crippen molar-refractivity contribution in [3.63, 3.8) is 0 Å². The van der Waals surface area contributed by atoms with Crippen molar-refractivity contribution < 1.29 is 22.7 Å². The average Bonchev–Trinajstić information content (AvgIpc) is 3.58. The number of amides is 2. The highest BCUT2D eigenvalue weighted by Gasteiger charge is 2.26. The first-order valence-corrected chi connectivity index (χ1v) is 15.0. The molecule has 0 spiro atoms. The second-order valence-electron chi connectivity index (χ2n) is 8.38. The zero-order valence-corrected chi connectivity index (χ0v) is 23.9. The Balaban J connectivity index is 1.60. The lowest BCUT2D eigenvalue weighted by Gasteiger charge is -2.23. The van der Waals surface area contributed by atoms with Crippen LogP contribution in [0.15, 0.2) is 71.4 Å². The summed E-state index contributed by atoms with van der Waals surface area (Å²) in [5.74, 6) is -0.403. The Morgan fingerprint density at radius 3 is 2.33 bits per heavy atom. The van der Waals surface area contributed by atoms with Gasteiger partial charge in [-0.2, -0.15) is 0 Å². The van der Waals surface area contributed by atoms with Crippen molar-refractivity contribution in [2.75, 3.05) is 11.8 Å². The van der Waals surface area contributed by atoms with E-state index in [1.165, 1.54) is 29.8 Å². The predicted molar refractivity (Wildman–Crippen MR) is 155 cm³/mol. The first-order chi connectivity index (χ1) is 18.8. The number of thiol groups is 1. The SMILES string of the molecule is COC(=O)N[C@@H](Cc1ccccc1)C(=O)N[C@@H](Cc1ccc(N[SH](=O)=O)cc1)c1csc(-c2sccc2Cl)n1. The van der Waals surface area contributed by atoms with Crippen LogP contribution in [0.25, 0.3) is 9.88 Å². The van der Waals surface area contributed by atoms with Crippen molar-refractivity contribution in [3.8, 4) is 9.88 Å². The largest absolute Gasteiger partial charge is 0.453 e. The van der Waals surface area contributed by atoms with E-state index in [4.69, 9.17) is 21.3 Å². The van der Waals surface area contributed by atoms with Crippen molar-refractivity contribution in [3.05, 3.63) is 93.3 Å². The summed E-state index contributed by atoms with van der Waals surface area (Å²) in [5, 5.41) is 10.8. The highest BCUT2D eigenvalue weighted by molar-refractivity contribution is 7.73. The summed E-state index contributed by atoms with van der Waals surface area (Å²) in [6.07, 6.45) is -0.0894. The van der Waals surface area contributed by atoms with Gasteiger partial charge in [-0.1, -0.05) is 54.1 Å². The van der Waals surface area contributed by atoms with Crippen LogP contribution in [0.1, 0.15) is 22.9 Å². The number of carbonyl (C=O) groups excluding carboxylic acids is 2. The predicted octanol–water partition coefficient (Wildman–Crippen LogP) is 4.83. The van der Waals surface area contributed by atoms with Crippen LogP contribution in [0.5, 0.6) is 0 Å². The molecule has 3 N–H and O–H groups in total. The number of nitrogens with zero attached hydrogens (tertiary/aromatic N) is 1. The van der Waals surface area contributed by atoms with E-state index < -0.39 is 35.0 Å². The molecule has 0 fully saturated rings. The fourth-order valence-corrected chi connectivity index (χ4v) is 6.37. The molecule has 2 aromatic heterocycles. The van der Waals surface area contributed by atoms with Crippen LogP contribution in [-0.4, -0.2) is 38.6 Å². The summed E-state index contributed by atoms with van der Waals surface area (Å²) in [5.41, 5.74) is 2.78. The molecule has 0 unspecified atom stereocenters. The van der Waals surface area contributed by atoms with Crippen molar-refractivity contribution in [2.45, 2.75) is 24.9 Å². The fraction of sp³-hybridized carbons (Fsp3) is 0.192. The van der Waals surface area contributed by atoms with Crippen molar-refractivity contribution in [1.82, 2.24) is 15.6 Å². The molecule has 0 radical (unpaired) electrons. The monoisotopic (exact) mass is 604 g/mol. The number of rotatable bonds is 11. The number of halogens is 1. The van der Waals surface area contributed by atoms with E-state index in [0.29, 0.717) is 22.8 Å². The number of nitrogens with one attached hydrogen (secondary N) is 3. The summed E-state index contributed by atoms with van der Waals surface area (Å²) < 4.78 is 29.0. The zero-order valence-electron chi connectivity index (χ0n) is 20.6. The third-order valence-corrected chi connectivity index (χ3v) is 8.49. The number of carbonyl (C=O) groups is 2.